The molecule has 0 aliphatic carbocycles. The van der Waals surface area contributed by atoms with Crippen LogP contribution in [0.15, 0.2) is 30.9 Å². The van der Waals surface area contributed by atoms with E-state index in [1.54, 1.807) is 19.4 Å². The van der Waals surface area contributed by atoms with Gasteiger partial charge in [0.05, 0.1) is 18.0 Å². The van der Waals surface area contributed by atoms with Crippen molar-refractivity contribution in [1.82, 2.24) is 20.1 Å². The SMILES string of the molecule is CN(Cc1cn[nH]c1)C(=O)c1cncc(O)c1. The third kappa shape index (κ3) is 2.60. The molecule has 0 spiro atoms. The highest BCUT2D eigenvalue weighted by molar-refractivity contribution is 5.94. The zero-order chi connectivity index (χ0) is 12.3. The topological polar surface area (TPSA) is 82.1 Å². The summed E-state index contributed by atoms with van der Waals surface area (Å²) in [4.78, 5) is 17.3. The van der Waals surface area contributed by atoms with Gasteiger partial charge in [-0.25, -0.2) is 0 Å². The molecule has 6 heteroatoms. The smallest absolute Gasteiger partial charge is 0.255 e. The van der Waals surface area contributed by atoms with Crippen LogP contribution in [0, 0.1) is 0 Å². The van der Waals surface area contributed by atoms with Gasteiger partial charge in [-0.3, -0.25) is 14.9 Å². The Kier molecular flexibility index (Phi) is 3.04. The summed E-state index contributed by atoms with van der Waals surface area (Å²) in [6.07, 6.45) is 6.09. The minimum atomic E-state index is -0.199. The molecule has 0 unspecified atom stereocenters. The van der Waals surface area contributed by atoms with Crippen molar-refractivity contribution in [3.05, 3.63) is 42.0 Å². The number of amides is 1. The molecule has 0 aromatic carbocycles. The van der Waals surface area contributed by atoms with E-state index >= 15 is 0 Å². The van der Waals surface area contributed by atoms with Crippen LogP contribution in [0.25, 0.3) is 0 Å². The molecule has 2 heterocycles. The summed E-state index contributed by atoms with van der Waals surface area (Å²) in [7, 11) is 1.68. The number of pyridine rings is 1. The maximum Gasteiger partial charge on any atom is 0.255 e. The first-order valence-electron chi connectivity index (χ1n) is 5.04. The number of hydrogen-bond acceptors (Lipinski definition) is 4. The van der Waals surface area contributed by atoms with Gasteiger partial charge in [0.2, 0.25) is 0 Å². The first-order valence-corrected chi connectivity index (χ1v) is 5.04. The zero-order valence-electron chi connectivity index (χ0n) is 9.29. The molecule has 0 fully saturated rings. The molecule has 88 valence electrons. The largest absolute Gasteiger partial charge is 0.506 e. The molecular formula is C11H12N4O2. The fourth-order valence-corrected chi connectivity index (χ4v) is 1.47. The second kappa shape index (κ2) is 4.65. The van der Waals surface area contributed by atoms with Gasteiger partial charge in [-0.2, -0.15) is 5.10 Å². The summed E-state index contributed by atoms with van der Waals surface area (Å²) in [5.74, 6) is -0.220. The van der Waals surface area contributed by atoms with E-state index in [0.29, 0.717) is 12.1 Å². The maximum absolute atomic E-state index is 12.0. The number of hydrogen-bond donors (Lipinski definition) is 2. The summed E-state index contributed by atoms with van der Waals surface area (Å²) in [6.45, 7) is 0.449. The Hall–Kier alpha value is -2.37. The van der Waals surface area contributed by atoms with Crippen LogP contribution in [0.2, 0.25) is 0 Å². The van der Waals surface area contributed by atoms with Gasteiger partial charge in [0, 0.05) is 31.5 Å². The van der Waals surface area contributed by atoms with E-state index in [4.69, 9.17) is 0 Å². The van der Waals surface area contributed by atoms with Gasteiger partial charge < -0.3 is 10.0 Å². The number of H-pyrrole nitrogens is 1. The summed E-state index contributed by atoms with van der Waals surface area (Å²) in [6, 6.07) is 1.39. The Bertz CT molecular complexity index is 510. The zero-order valence-corrected chi connectivity index (χ0v) is 9.29. The van der Waals surface area contributed by atoms with Crippen LogP contribution >= 0.6 is 0 Å². The Morgan fingerprint density at radius 3 is 2.94 bits per heavy atom. The van der Waals surface area contributed by atoms with E-state index in [2.05, 4.69) is 15.2 Å². The van der Waals surface area contributed by atoms with Crippen molar-refractivity contribution in [2.24, 2.45) is 0 Å². The molecular weight excluding hydrogens is 220 g/mol. The molecule has 0 bridgehead atoms. The van der Waals surface area contributed by atoms with E-state index in [1.165, 1.54) is 23.4 Å². The molecule has 0 aliphatic rings. The number of carbonyl (C=O) groups is 1. The molecule has 2 N–H and O–H groups in total. The molecule has 6 nitrogen and oxygen atoms in total. The second-order valence-electron chi connectivity index (χ2n) is 3.70. The lowest BCUT2D eigenvalue weighted by molar-refractivity contribution is 0.0784. The minimum Gasteiger partial charge on any atom is -0.506 e. The Balaban J connectivity index is 2.09. The second-order valence-corrected chi connectivity index (χ2v) is 3.70. The predicted molar refractivity (Wildman–Crippen MR) is 60.3 cm³/mol. The molecule has 2 aromatic heterocycles. The van der Waals surface area contributed by atoms with Crippen molar-refractivity contribution in [1.29, 1.82) is 0 Å². The number of aromatic nitrogens is 3. The summed E-state index contributed by atoms with van der Waals surface area (Å²) >= 11 is 0. The lowest BCUT2D eigenvalue weighted by Gasteiger charge is -2.15. The van der Waals surface area contributed by atoms with Crippen LogP contribution < -0.4 is 0 Å². The van der Waals surface area contributed by atoms with Crippen LogP contribution in [0.4, 0.5) is 0 Å². The molecule has 0 radical (unpaired) electrons. The van der Waals surface area contributed by atoms with Crippen molar-refractivity contribution in [3.8, 4) is 5.75 Å². The normalized spacial score (nSPS) is 10.2. The Labute approximate surface area is 97.9 Å². The maximum atomic E-state index is 12.0. The van der Waals surface area contributed by atoms with Gasteiger partial charge in [-0.1, -0.05) is 0 Å². The van der Waals surface area contributed by atoms with Crippen LogP contribution in [0.3, 0.4) is 0 Å². The monoisotopic (exact) mass is 232 g/mol. The minimum absolute atomic E-state index is 0.0208. The number of nitrogens with zero attached hydrogens (tertiary/aromatic N) is 3. The van der Waals surface area contributed by atoms with Crippen LogP contribution in [0.1, 0.15) is 15.9 Å². The van der Waals surface area contributed by atoms with Gasteiger partial charge in [-0.05, 0) is 6.07 Å². The third-order valence-corrected chi connectivity index (χ3v) is 2.29. The number of carbonyl (C=O) groups excluding carboxylic acids is 1. The van der Waals surface area contributed by atoms with Crippen molar-refractivity contribution in [3.63, 3.8) is 0 Å². The molecule has 0 aliphatic heterocycles. The molecule has 0 atom stereocenters. The van der Waals surface area contributed by atoms with E-state index < -0.39 is 0 Å². The predicted octanol–water partition coefficient (Wildman–Crippen LogP) is 0.782. The van der Waals surface area contributed by atoms with Crippen LogP contribution in [-0.4, -0.2) is 38.1 Å². The number of aromatic hydroxyl groups is 1. The Morgan fingerprint density at radius 1 is 1.47 bits per heavy atom. The van der Waals surface area contributed by atoms with Crippen molar-refractivity contribution in [2.45, 2.75) is 6.54 Å². The number of aromatic amines is 1. The van der Waals surface area contributed by atoms with Gasteiger partial charge >= 0.3 is 0 Å². The van der Waals surface area contributed by atoms with E-state index in [1.807, 2.05) is 0 Å². The highest BCUT2D eigenvalue weighted by atomic mass is 16.3. The molecule has 2 aromatic rings. The van der Waals surface area contributed by atoms with Crippen LogP contribution in [-0.2, 0) is 6.54 Å². The quantitative estimate of drug-likeness (QED) is 0.819. The molecule has 2 rings (SSSR count). The summed E-state index contributed by atoms with van der Waals surface area (Å²) < 4.78 is 0. The number of rotatable bonds is 3. The van der Waals surface area contributed by atoms with E-state index in [0.717, 1.165) is 5.56 Å². The first kappa shape index (κ1) is 11.1. The summed E-state index contributed by atoms with van der Waals surface area (Å²) in [5.41, 5.74) is 1.27. The number of nitrogens with one attached hydrogen (secondary N) is 1. The van der Waals surface area contributed by atoms with E-state index in [9.17, 15) is 9.90 Å². The van der Waals surface area contributed by atoms with Crippen molar-refractivity contribution < 1.29 is 9.90 Å². The van der Waals surface area contributed by atoms with Crippen LogP contribution in [0.5, 0.6) is 5.75 Å². The van der Waals surface area contributed by atoms with E-state index in [-0.39, 0.29) is 11.7 Å². The highest BCUT2D eigenvalue weighted by Crippen LogP contribution is 2.11. The van der Waals surface area contributed by atoms with Crippen molar-refractivity contribution >= 4 is 5.91 Å². The van der Waals surface area contributed by atoms with Gasteiger partial charge in [0.1, 0.15) is 5.75 Å². The highest BCUT2D eigenvalue weighted by Gasteiger charge is 2.13. The third-order valence-electron chi connectivity index (χ3n) is 2.29. The Morgan fingerprint density at radius 2 is 2.29 bits per heavy atom. The fraction of sp³-hybridized carbons (Fsp3) is 0.182. The molecule has 0 saturated carbocycles. The van der Waals surface area contributed by atoms with Crippen molar-refractivity contribution in [2.75, 3.05) is 7.05 Å². The lowest BCUT2D eigenvalue weighted by atomic mass is 10.2. The lowest BCUT2D eigenvalue weighted by Crippen LogP contribution is -2.26. The fourth-order valence-electron chi connectivity index (χ4n) is 1.47. The average Bonchev–Trinajstić information content (AvgIpc) is 2.80. The molecule has 1 amide bonds. The molecule has 0 saturated heterocycles. The van der Waals surface area contributed by atoms with Gasteiger partial charge in [0.25, 0.3) is 5.91 Å². The van der Waals surface area contributed by atoms with Gasteiger partial charge in [0.15, 0.2) is 0 Å². The van der Waals surface area contributed by atoms with Gasteiger partial charge in [-0.15, -0.1) is 0 Å². The molecule has 17 heavy (non-hydrogen) atoms. The average molecular weight is 232 g/mol. The first-order chi connectivity index (χ1) is 8.16. The standard InChI is InChI=1S/C11H12N4O2/c1-15(7-8-3-13-14-4-8)11(17)9-2-10(16)6-12-5-9/h2-6,16H,7H2,1H3,(H,13,14). The summed E-state index contributed by atoms with van der Waals surface area (Å²) in [5, 5.41) is 15.7.